The number of hydrogen-bond donors (Lipinski definition) is 0. The molecule has 3 nitrogen and oxygen atoms in total. The van der Waals surface area contributed by atoms with E-state index in [1.165, 1.54) is 83.8 Å². The first-order valence-electron chi connectivity index (χ1n) is 23.3. The van der Waals surface area contributed by atoms with Crippen molar-refractivity contribution in [2.24, 2.45) is 5.92 Å². The summed E-state index contributed by atoms with van der Waals surface area (Å²) in [5.41, 5.74) is 18.8. The zero-order valence-corrected chi connectivity index (χ0v) is 36.2. The molecule has 0 N–H and O–H groups in total. The molecule has 5 aliphatic carbocycles. The fraction of sp³-hybridized carbons (Fsp3) is 0.129. The highest BCUT2D eigenvalue weighted by molar-refractivity contribution is 5.91. The molecule has 4 unspecified atom stereocenters. The Balaban J connectivity index is 0.965. The van der Waals surface area contributed by atoms with Gasteiger partial charge in [0.05, 0.1) is 11.5 Å². The number of fused-ring (bicyclic) bond motifs is 13. The highest BCUT2D eigenvalue weighted by Crippen LogP contribution is 2.66. The third-order valence-electron chi connectivity index (χ3n) is 14.8. The lowest BCUT2D eigenvalue weighted by Crippen LogP contribution is -2.33. The molecule has 4 atom stereocenters. The van der Waals surface area contributed by atoms with E-state index in [9.17, 15) is 0 Å². The van der Waals surface area contributed by atoms with Crippen molar-refractivity contribution in [2.75, 3.05) is 9.80 Å². The number of anilines is 4. The van der Waals surface area contributed by atoms with E-state index in [0.717, 1.165) is 37.2 Å². The van der Waals surface area contributed by atoms with Crippen LogP contribution in [-0.4, -0.2) is 6.04 Å². The van der Waals surface area contributed by atoms with Crippen LogP contribution < -0.4 is 9.80 Å². The summed E-state index contributed by atoms with van der Waals surface area (Å²) >= 11 is 0. The Hall–Kier alpha value is -7.62. The molecule has 5 aliphatic rings. The average molecular weight is 837 g/mol. The van der Waals surface area contributed by atoms with E-state index in [4.69, 9.17) is 4.42 Å². The molecule has 0 aliphatic heterocycles. The van der Waals surface area contributed by atoms with E-state index in [2.05, 4.69) is 234 Å². The maximum atomic E-state index is 6.44. The molecule has 7 aromatic carbocycles. The van der Waals surface area contributed by atoms with Gasteiger partial charge in [0, 0.05) is 52.1 Å². The molecule has 13 rings (SSSR count). The van der Waals surface area contributed by atoms with E-state index >= 15 is 0 Å². The van der Waals surface area contributed by atoms with Gasteiger partial charge in [-0.15, -0.1) is 0 Å². The largest absolute Gasteiger partial charge is 0.456 e. The standard InChI is InChI=1S/C62H48N2O/c1-4-19-44(20-5-1)63(41-43-18-16-33-59-60(43)53-27-12-15-32-58(53)65-59)48-38-39-51-50-25-10-13-29-54(50)62(57(51)40-48)55-30-14-11-26-52(55)61-49(28-17-31-56(61)62)42-34-36-47(37-35-42)64(45-21-6-2-7-22-45)46-23-8-3-9-24-46/h1-11,13-23,25-26,28-40,46,52,55H,12,24,27,41H2. The highest BCUT2D eigenvalue weighted by Gasteiger charge is 2.57. The smallest absolute Gasteiger partial charge is 0.135 e. The lowest BCUT2D eigenvalue weighted by Gasteiger charge is -2.36. The predicted octanol–water partition coefficient (Wildman–Crippen LogP) is 15.6. The van der Waals surface area contributed by atoms with Crippen LogP contribution in [0, 0.1) is 5.92 Å². The lowest BCUT2D eigenvalue weighted by atomic mass is 9.65. The fourth-order valence-corrected chi connectivity index (χ4v) is 12.1. The van der Waals surface area contributed by atoms with Gasteiger partial charge in [0.25, 0.3) is 0 Å². The Kier molecular flexibility index (Phi) is 8.91. The Morgan fingerprint density at radius 2 is 1.26 bits per heavy atom. The quantitative estimate of drug-likeness (QED) is 0.152. The fourth-order valence-electron chi connectivity index (χ4n) is 12.1. The van der Waals surface area contributed by atoms with Crippen LogP contribution in [0.1, 0.15) is 57.9 Å². The molecule has 1 spiro atoms. The molecule has 0 fully saturated rings. The monoisotopic (exact) mass is 836 g/mol. The summed E-state index contributed by atoms with van der Waals surface area (Å²) < 4.78 is 6.44. The van der Waals surface area contributed by atoms with Gasteiger partial charge in [0.2, 0.25) is 0 Å². The minimum absolute atomic E-state index is 0.199. The van der Waals surface area contributed by atoms with Crippen molar-refractivity contribution in [3.05, 3.63) is 258 Å². The van der Waals surface area contributed by atoms with Crippen molar-refractivity contribution in [2.45, 2.75) is 43.2 Å². The first-order valence-corrected chi connectivity index (χ1v) is 23.3. The van der Waals surface area contributed by atoms with E-state index in [0.29, 0.717) is 0 Å². The molecule has 0 amide bonds. The lowest BCUT2D eigenvalue weighted by molar-refractivity contribution is 0.465. The first kappa shape index (κ1) is 37.9. The summed E-state index contributed by atoms with van der Waals surface area (Å²) in [5.74, 6) is 1.41. The second kappa shape index (κ2) is 15.3. The Morgan fingerprint density at radius 3 is 2.11 bits per heavy atom. The molecule has 65 heavy (non-hydrogen) atoms. The topological polar surface area (TPSA) is 19.6 Å². The van der Waals surface area contributed by atoms with E-state index in [1.54, 1.807) is 0 Å². The van der Waals surface area contributed by atoms with Gasteiger partial charge in [-0.1, -0.05) is 164 Å². The predicted molar refractivity (Wildman–Crippen MR) is 269 cm³/mol. The minimum Gasteiger partial charge on any atom is -0.456 e. The third kappa shape index (κ3) is 5.88. The van der Waals surface area contributed by atoms with Crippen molar-refractivity contribution >= 4 is 39.8 Å². The maximum absolute atomic E-state index is 6.44. The van der Waals surface area contributed by atoms with Crippen molar-refractivity contribution in [3.63, 3.8) is 0 Å². The van der Waals surface area contributed by atoms with Crippen molar-refractivity contribution in [1.29, 1.82) is 0 Å². The number of benzene rings is 7. The summed E-state index contributed by atoms with van der Waals surface area (Å²) in [7, 11) is 0. The number of para-hydroxylation sites is 2. The Bertz CT molecular complexity index is 3290. The van der Waals surface area contributed by atoms with Crippen LogP contribution in [0.3, 0.4) is 0 Å². The Morgan fingerprint density at radius 1 is 0.554 bits per heavy atom. The zero-order valence-electron chi connectivity index (χ0n) is 36.2. The van der Waals surface area contributed by atoms with Gasteiger partial charge in [0.1, 0.15) is 11.3 Å². The van der Waals surface area contributed by atoms with Crippen LogP contribution in [0.15, 0.2) is 223 Å². The average Bonchev–Trinajstić information content (AvgIpc) is 4.01. The molecule has 0 saturated carbocycles. The number of rotatable bonds is 8. The summed E-state index contributed by atoms with van der Waals surface area (Å²) in [6, 6.07) is 61.6. The summed E-state index contributed by atoms with van der Waals surface area (Å²) in [5, 5.41) is 1.26. The van der Waals surface area contributed by atoms with Crippen LogP contribution in [0.5, 0.6) is 0 Å². The second-order valence-corrected chi connectivity index (χ2v) is 18.1. The molecule has 3 heteroatoms. The van der Waals surface area contributed by atoms with Gasteiger partial charge in [-0.05, 0) is 130 Å². The molecule has 0 bridgehead atoms. The van der Waals surface area contributed by atoms with Gasteiger partial charge >= 0.3 is 0 Å². The zero-order chi connectivity index (χ0) is 42.9. The van der Waals surface area contributed by atoms with Gasteiger partial charge in [-0.3, -0.25) is 0 Å². The number of aryl methyl sites for hydroxylation is 1. The van der Waals surface area contributed by atoms with Gasteiger partial charge < -0.3 is 14.2 Å². The van der Waals surface area contributed by atoms with Crippen molar-refractivity contribution in [1.82, 2.24) is 0 Å². The molecule has 312 valence electrons. The van der Waals surface area contributed by atoms with Crippen LogP contribution in [0.25, 0.3) is 39.3 Å². The van der Waals surface area contributed by atoms with Gasteiger partial charge in [-0.2, -0.15) is 0 Å². The van der Waals surface area contributed by atoms with Crippen LogP contribution in [0.4, 0.5) is 22.7 Å². The number of hydrogen-bond acceptors (Lipinski definition) is 3. The van der Waals surface area contributed by atoms with Crippen LogP contribution in [0.2, 0.25) is 0 Å². The summed E-state index contributed by atoms with van der Waals surface area (Å²) in [6.07, 6.45) is 25.9. The normalized spacial score (nSPS) is 20.4. The van der Waals surface area contributed by atoms with E-state index < -0.39 is 0 Å². The molecular weight excluding hydrogens is 789 g/mol. The maximum Gasteiger partial charge on any atom is 0.135 e. The van der Waals surface area contributed by atoms with E-state index in [-0.39, 0.29) is 23.3 Å². The highest BCUT2D eigenvalue weighted by atomic mass is 16.3. The molecule has 1 heterocycles. The number of furan rings is 1. The molecule has 0 saturated heterocycles. The first-order chi connectivity index (χ1) is 32.3. The molecule has 1 aromatic heterocycles. The third-order valence-corrected chi connectivity index (χ3v) is 14.8. The summed E-state index contributed by atoms with van der Waals surface area (Å²) in [6.45, 7) is 0.719. The van der Waals surface area contributed by atoms with E-state index in [1.807, 2.05) is 0 Å². The number of nitrogens with zero attached hydrogens (tertiary/aromatic N) is 2. The Labute approximate surface area is 381 Å². The molecule has 0 radical (unpaired) electrons. The molecule has 8 aromatic rings. The summed E-state index contributed by atoms with van der Waals surface area (Å²) in [4.78, 5) is 4.99. The van der Waals surface area contributed by atoms with Crippen LogP contribution in [-0.2, 0) is 18.4 Å². The minimum atomic E-state index is -0.386. The van der Waals surface area contributed by atoms with Crippen molar-refractivity contribution in [3.8, 4) is 22.3 Å². The second-order valence-electron chi connectivity index (χ2n) is 18.1. The SMILES string of the molecule is C1=CCC(N(c2ccccc2)c2ccc(-c3cccc4c3C3C=CC=CC3C43c4ccccc4-c4ccc(N(Cc5cccc6oc7c(c56)CCC=C7)c5ccccc5)cc43)cc2)C=C1. The van der Waals surface area contributed by atoms with Crippen LogP contribution >= 0.6 is 0 Å². The van der Waals surface area contributed by atoms with Crippen molar-refractivity contribution < 1.29 is 4.42 Å². The van der Waals surface area contributed by atoms with Gasteiger partial charge in [-0.25, -0.2) is 0 Å². The number of allylic oxidation sites excluding steroid dienone is 7. The molecular formula is C62H48N2O. The van der Waals surface area contributed by atoms with Gasteiger partial charge in [0.15, 0.2) is 0 Å².